The molecule has 0 aromatic heterocycles. The summed E-state index contributed by atoms with van der Waals surface area (Å²) in [5.74, 6) is 0. The van der Waals surface area contributed by atoms with E-state index in [0.717, 1.165) is 13.1 Å². The van der Waals surface area contributed by atoms with Gasteiger partial charge in [-0.3, -0.25) is 4.90 Å². The molecule has 0 atom stereocenters. The first kappa shape index (κ1) is 14.0. The molecule has 0 amide bonds. The maximum absolute atomic E-state index is 5.97. The van der Waals surface area contributed by atoms with Crippen molar-refractivity contribution in [1.82, 2.24) is 4.90 Å². The van der Waals surface area contributed by atoms with Crippen LogP contribution in [0.1, 0.15) is 65.2 Å². The Morgan fingerprint density at radius 1 is 0.938 bits per heavy atom. The molecule has 0 saturated carbocycles. The van der Waals surface area contributed by atoms with Gasteiger partial charge in [0.05, 0.1) is 0 Å². The summed E-state index contributed by atoms with van der Waals surface area (Å²) in [7, 11) is 0. The molecule has 96 valence electrons. The molecule has 0 aromatic rings. The van der Waals surface area contributed by atoms with Gasteiger partial charge in [-0.2, -0.15) is 0 Å². The van der Waals surface area contributed by atoms with Crippen LogP contribution in [-0.2, 0) is 0 Å². The molecule has 0 spiro atoms. The molecule has 1 heterocycles. The smallest absolute Gasteiger partial charge is 0.0383 e. The highest BCUT2D eigenvalue weighted by molar-refractivity contribution is 4.95. The van der Waals surface area contributed by atoms with Gasteiger partial charge in [0.15, 0.2) is 0 Å². The van der Waals surface area contributed by atoms with Crippen molar-refractivity contribution in [2.24, 2.45) is 5.73 Å². The molecule has 1 aliphatic heterocycles. The minimum atomic E-state index is 0.111. The molecule has 2 heteroatoms. The number of unbranched alkanes of at least 4 members (excludes halogenated alkanes) is 7. The van der Waals surface area contributed by atoms with Crippen molar-refractivity contribution < 1.29 is 0 Å². The Hall–Kier alpha value is -0.0800. The molecule has 0 unspecified atom stereocenters. The summed E-state index contributed by atoms with van der Waals surface area (Å²) < 4.78 is 0. The van der Waals surface area contributed by atoms with E-state index in [-0.39, 0.29) is 5.54 Å². The number of rotatable bonds is 9. The zero-order chi connectivity index (χ0) is 11.9. The van der Waals surface area contributed by atoms with Crippen LogP contribution in [0.4, 0.5) is 0 Å². The third-order valence-corrected chi connectivity index (χ3v) is 3.50. The highest BCUT2D eigenvalue weighted by atomic mass is 15.2. The van der Waals surface area contributed by atoms with Gasteiger partial charge in [0.1, 0.15) is 0 Å². The lowest BCUT2D eigenvalue weighted by molar-refractivity contribution is 0.0821. The summed E-state index contributed by atoms with van der Waals surface area (Å²) in [5.41, 5.74) is 6.08. The largest absolute Gasteiger partial charge is 0.323 e. The number of nitrogens with zero attached hydrogens (tertiary/aromatic N) is 1. The van der Waals surface area contributed by atoms with E-state index in [4.69, 9.17) is 5.73 Å². The van der Waals surface area contributed by atoms with E-state index < -0.39 is 0 Å². The highest BCUT2D eigenvalue weighted by Crippen LogP contribution is 2.18. The van der Waals surface area contributed by atoms with Crippen LogP contribution in [0.15, 0.2) is 0 Å². The van der Waals surface area contributed by atoms with Gasteiger partial charge < -0.3 is 5.73 Å². The van der Waals surface area contributed by atoms with Gasteiger partial charge in [0, 0.05) is 18.6 Å². The molecule has 0 aromatic carbocycles. The van der Waals surface area contributed by atoms with Crippen LogP contribution in [0.3, 0.4) is 0 Å². The van der Waals surface area contributed by atoms with Crippen molar-refractivity contribution in [1.29, 1.82) is 0 Å². The molecule has 1 aliphatic rings. The van der Waals surface area contributed by atoms with Crippen molar-refractivity contribution in [2.45, 2.75) is 70.8 Å². The van der Waals surface area contributed by atoms with Gasteiger partial charge >= 0.3 is 0 Å². The normalized spacial score (nSPS) is 19.7. The quantitative estimate of drug-likeness (QED) is 0.612. The second-order valence-corrected chi connectivity index (χ2v) is 5.84. The van der Waals surface area contributed by atoms with Gasteiger partial charge in [-0.25, -0.2) is 0 Å². The van der Waals surface area contributed by atoms with Gasteiger partial charge in [-0.05, 0) is 19.9 Å². The van der Waals surface area contributed by atoms with E-state index in [1.807, 2.05) is 0 Å². The predicted molar refractivity (Wildman–Crippen MR) is 71.6 cm³/mol. The van der Waals surface area contributed by atoms with Crippen LogP contribution >= 0.6 is 0 Å². The lowest BCUT2D eigenvalue weighted by Gasteiger charge is -2.45. The SMILES string of the molecule is CCCCCCCCCCN1CC(C)(N)C1. The summed E-state index contributed by atoms with van der Waals surface area (Å²) in [5, 5.41) is 0. The van der Waals surface area contributed by atoms with E-state index in [1.54, 1.807) is 0 Å². The predicted octanol–water partition coefficient (Wildman–Crippen LogP) is 3.16. The van der Waals surface area contributed by atoms with E-state index >= 15 is 0 Å². The molecule has 0 radical (unpaired) electrons. The standard InChI is InChI=1S/C14H30N2/c1-3-4-5-6-7-8-9-10-11-16-12-14(2,15)13-16/h3-13,15H2,1-2H3. The van der Waals surface area contributed by atoms with Gasteiger partial charge in [-0.15, -0.1) is 0 Å². The average Bonchev–Trinajstić information content (AvgIpc) is 2.19. The Bertz CT molecular complexity index is 170. The zero-order valence-electron chi connectivity index (χ0n) is 11.3. The van der Waals surface area contributed by atoms with Crippen molar-refractivity contribution in [3.63, 3.8) is 0 Å². The Labute approximate surface area is 102 Å². The number of likely N-dealkylation sites (tertiary alicyclic amines) is 1. The first-order chi connectivity index (χ1) is 7.64. The maximum atomic E-state index is 5.97. The first-order valence-electron chi connectivity index (χ1n) is 7.15. The fraction of sp³-hybridized carbons (Fsp3) is 1.00. The van der Waals surface area contributed by atoms with Gasteiger partial charge in [0.2, 0.25) is 0 Å². The molecule has 2 nitrogen and oxygen atoms in total. The van der Waals surface area contributed by atoms with Crippen LogP contribution < -0.4 is 5.73 Å². The Kier molecular flexibility index (Phi) is 6.37. The third-order valence-electron chi connectivity index (χ3n) is 3.50. The number of hydrogen-bond donors (Lipinski definition) is 1. The van der Waals surface area contributed by atoms with Crippen LogP contribution in [0.2, 0.25) is 0 Å². The molecule has 16 heavy (non-hydrogen) atoms. The molecule has 0 aliphatic carbocycles. The molecule has 1 rings (SSSR count). The van der Waals surface area contributed by atoms with Crippen molar-refractivity contribution in [3.8, 4) is 0 Å². The Morgan fingerprint density at radius 3 is 1.94 bits per heavy atom. The summed E-state index contributed by atoms with van der Waals surface area (Å²) in [4.78, 5) is 2.48. The van der Waals surface area contributed by atoms with E-state index in [1.165, 1.54) is 57.9 Å². The Balaban J connectivity index is 1.76. The zero-order valence-corrected chi connectivity index (χ0v) is 11.3. The molecule has 1 fully saturated rings. The minimum Gasteiger partial charge on any atom is -0.323 e. The summed E-state index contributed by atoms with van der Waals surface area (Å²) >= 11 is 0. The van der Waals surface area contributed by atoms with Crippen LogP contribution in [0.5, 0.6) is 0 Å². The summed E-state index contributed by atoms with van der Waals surface area (Å²) in [6.45, 7) is 7.89. The number of hydrogen-bond acceptors (Lipinski definition) is 2. The van der Waals surface area contributed by atoms with Crippen molar-refractivity contribution >= 4 is 0 Å². The topological polar surface area (TPSA) is 29.3 Å². The third kappa shape index (κ3) is 5.86. The maximum Gasteiger partial charge on any atom is 0.0383 e. The first-order valence-corrected chi connectivity index (χ1v) is 7.15. The molecular weight excluding hydrogens is 196 g/mol. The van der Waals surface area contributed by atoms with Crippen LogP contribution in [0.25, 0.3) is 0 Å². The molecular formula is C14H30N2. The van der Waals surface area contributed by atoms with Crippen LogP contribution in [0, 0.1) is 0 Å². The lowest BCUT2D eigenvalue weighted by atomic mass is 9.93. The minimum absolute atomic E-state index is 0.111. The molecule has 0 bridgehead atoms. The van der Waals surface area contributed by atoms with E-state index in [0.29, 0.717) is 0 Å². The van der Waals surface area contributed by atoms with Crippen molar-refractivity contribution in [2.75, 3.05) is 19.6 Å². The summed E-state index contributed by atoms with van der Waals surface area (Å²) in [6.07, 6.45) is 11.3. The van der Waals surface area contributed by atoms with Gasteiger partial charge in [0.25, 0.3) is 0 Å². The molecule has 1 saturated heterocycles. The second kappa shape index (κ2) is 7.29. The lowest BCUT2D eigenvalue weighted by Crippen LogP contribution is -2.65. The van der Waals surface area contributed by atoms with E-state index in [2.05, 4.69) is 18.7 Å². The number of nitrogens with two attached hydrogens (primary N) is 1. The highest BCUT2D eigenvalue weighted by Gasteiger charge is 2.33. The molecule has 2 N–H and O–H groups in total. The van der Waals surface area contributed by atoms with Crippen molar-refractivity contribution in [3.05, 3.63) is 0 Å². The van der Waals surface area contributed by atoms with Crippen LogP contribution in [-0.4, -0.2) is 30.1 Å². The van der Waals surface area contributed by atoms with Gasteiger partial charge in [-0.1, -0.05) is 51.9 Å². The fourth-order valence-corrected chi connectivity index (χ4v) is 2.60. The second-order valence-electron chi connectivity index (χ2n) is 5.84. The monoisotopic (exact) mass is 226 g/mol. The Morgan fingerprint density at radius 2 is 1.44 bits per heavy atom. The fourth-order valence-electron chi connectivity index (χ4n) is 2.60. The van der Waals surface area contributed by atoms with E-state index in [9.17, 15) is 0 Å². The average molecular weight is 226 g/mol. The summed E-state index contributed by atoms with van der Waals surface area (Å²) in [6, 6.07) is 0.